The molecule has 3 aromatic rings. The number of aromatic amines is 2. The van der Waals surface area contributed by atoms with Crippen molar-refractivity contribution in [1.29, 1.82) is 0 Å². The third-order valence-corrected chi connectivity index (χ3v) is 8.63. The number of aryl methyl sites for hydroxylation is 3. The number of hydrogen-bond acceptors (Lipinski definition) is 6. The lowest BCUT2D eigenvalue weighted by Crippen LogP contribution is -2.08. The Balaban J connectivity index is 1.97. The number of nitrogens with one attached hydrogen (secondary N) is 2. The van der Waals surface area contributed by atoms with E-state index in [0.717, 1.165) is 63.3 Å². The third kappa shape index (κ3) is 4.65. The molecule has 0 aliphatic carbocycles. The molecule has 2 aliphatic rings. The zero-order chi connectivity index (χ0) is 29.6. The van der Waals surface area contributed by atoms with Gasteiger partial charge in [0.2, 0.25) is 0 Å². The maximum absolute atomic E-state index is 12.5. The number of carboxylic acids is 1. The van der Waals surface area contributed by atoms with Crippen LogP contribution in [-0.4, -0.2) is 50.4 Å². The van der Waals surface area contributed by atoms with Crippen LogP contribution >= 0.6 is 0 Å². The van der Waals surface area contributed by atoms with Gasteiger partial charge < -0.3 is 19.8 Å². The fraction of sp³-hybridized carbons (Fsp3) is 0.344. The van der Waals surface area contributed by atoms with Gasteiger partial charge in [-0.25, -0.2) is 9.78 Å². The lowest BCUT2D eigenvalue weighted by Gasteiger charge is -2.16. The second-order valence-corrected chi connectivity index (χ2v) is 10.8. The van der Waals surface area contributed by atoms with Crippen LogP contribution in [0, 0.1) is 20.8 Å². The van der Waals surface area contributed by atoms with E-state index in [9.17, 15) is 19.5 Å². The first kappa shape index (κ1) is 28.0. The number of aldehydes is 1. The van der Waals surface area contributed by atoms with Crippen LogP contribution in [0.3, 0.4) is 0 Å². The summed E-state index contributed by atoms with van der Waals surface area (Å²) in [5.74, 6) is -1.19. The zero-order valence-corrected chi connectivity index (χ0v) is 24.1. The van der Waals surface area contributed by atoms with Crippen molar-refractivity contribution in [3.05, 3.63) is 68.8 Å². The van der Waals surface area contributed by atoms with Crippen molar-refractivity contribution in [3.8, 4) is 0 Å². The predicted molar refractivity (Wildman–Crippen MR) is 158 cm³/mol. The molecule has 2 aliphatic heterocycles. The van der Waals surface area contributed by atoms with E-state index in [1.807, 2.05) is 39.0 Å². The quantitative estimate of drug-likeness (QED) is 0.223. The van der Waals surface area contributed by atoms with E-state index in [4.69, 9.17) is 14.7 Å². The van der Waals surface area contributed by atoms with Crippen molar-refractivity contribution < 1.29 is 24.2 Å². The number of hydrogen-bond donors (Lipinski definition) is 3. The smallest absolute Gasteiger partial charge is 0.338 e. The Kier molecular flexibility index (Phi) is 7.38. The van der Waals surface area contributed by atoms with E-state index < -0.39 is 5.97 Å². The van der Waals surface area contributed by atoms with Gasteiger partial charge in [-0.3, -0.25) is 14.6 Å². The molecular weight excluding hydrogens is 520 g/mol. The standard InChI is InChI=1S/C32H34N4O5/c1-7-20-15(2)24-11-28-22(13-37)17(4)23(34-28)10-25-16(3)21(8-9-41-14-38)30(35-25)19(6)31-29(32(39)40)18(5)26(36-31)12-27(20)33-24/h10-14,16,21,34,36H,7-9H2,1-6H3,(H,39,40)/t16-,21-/m0/s1. The first-order valence-corrected chi connectivity index (χ1v) is 13.8. The minimum Gasteiger partial charge on any atom is -0.478 e. The van der Waals surface area contributed by atoms with Crippen molar-refractivity contribution in [1.82, 2.24) is 19.9 Å². The molecule has 0 radical (unpaired) electrons. The maximum atomic E-state index is 12.5. The van der Waals surface area contributed by atoms with E-state index in [1.165, 1.54) is 0 Å². The van der Waals surface area contributed by atoms with Crippen LogP contribution in [0.2, 0.25) is 0 Å². The van der Waals surface area contributed by atoms with Gasteiger partial charge in [0.15, 0.2) is 6.29 Å². The molecule has 8 bridgehead atoms. The lowest BCUT2D eigenvalue weighted by molar-refractivity contribution is -0.128. The number of aromatic carboxylic acids is 1. The topological polar surface area (TPSA) is 138 Å². The number of allylic oxidation sites excluding steroid dienone is 2. The first-order valence-electron chi connectivity index (χ1n) is 13.8. The number of rotatable bonds is 7. The van der Waals surface area contributed by atoms with E-state index in [-0.39, 0.29) is 24.0 Å². The summed E-state index contributed by atoms with van der Waals surface area (Å²) < 4.78 is 5.04. The van der Waals surface area contributed by atoms with Gasteiger partial charge in [-0.05, 0) is 86.6 Å². The fourth-order valence-electron chi connectivity index (χ4n) is 6.17. The second kappa shape index (κ2) is 10.8. The minimum atomic E-state index is -1.03. The summed E-state index contributed by atoms with van der Waals surface area (Å²) in [5, 5.41) is 10.3. The van der Waals surface area contributed by atoms with Crippen molar-refractivity contribution in [3.63, 3.8) is 0 Å². The highest BCUT2D eigenvalue weighted by molar-refractivity contribution is 6.02. The molecule has 3 N–H and O–H groups in total. The molecule has 0 fully saturated rings. The average Bonchev–Trinajstić information content (AvgIpc) is 3.62. The summed E-state index contributed by atoms with van der Waals surface area (Å²) in [5.41, 5.74) is 10.6. The number of fused-ring (bicyclic) bond motifs is 8. The van der Waals surface area contributed by atoms with Gasteiger partial charge >= 0.3 is 5.97 Å². The van der Waals surface area contributed by atoms with Crippen molar-refractivity contribution in [2.24, 2.45) is 0 Å². The van der Waals surface area contributed by atoms with E-state index in [1.54, 1.807) is 6.92 Å². The predicted octanol–water partition coefficient (Wildman–Crippen LogP) is 6.54. The number of carbonyl (C=O) groups is 3. The Labute approximate surface area is 237 Å². The van der Waals surface area contributed by atoms with Crippen LogP contribution in [-0.2, 0) is 9.53 Å². The van der Waals surface area contributed by atoms with Crippen LogP contribution in [0.1, 0.15) is 106 Å². The highest BCUT2D eigenvalue weighted by Gasteiger charge is 2.31. The summed E-state index contributed by atoms with van der Waals surface area (Å²) in [6, 6.07) is 5.76. The SMILES string of the molecule is CCC1=C(C)c2cc3[nH]c(cc4nc(c(C)c5[nH]c(cc1n2)c(C)c5C(=O)O)[C@@H](CCOC=O)[C@@H]4C)c(C)c3C=O. The summed E-state index contributed by atoms with van der Waals surface area (Å²) in [6.45, 7) is 12.4. The molecule has 5 heterocycles. The average molecular weight is 555 g/mol. The van der Waals surface area contributed by atoms with Crippen LogP contribution in [0.25, 0.3) is 33.2 Å². The second-order valence-electron chi connectivity index (χ2n) is 10.8. The maximum Gasteiger partial charge on any atom is 0.338 e. The van der Waals surface area contributed by atoms with Crippen molar-refractivity contribution in [2.45, 2.75) is 66.2 Å². The molecule has 9 heteroatoms. The van der Waals surface area contributed by atoms with Gasteiger partial charge in [-0.1, -0.05) is 13.8 Å². The first-order chi connectivity index (χ1) is 19.6. The molecule has 0 spiro atoms. The van der Waals surface area contributed by atoms with Gasteiger partial charge in [0.1, 0.15) is 0 Å². The van der Waals surface area contributed by atoms with Crippen LogP contribution < -0.4 is 0 Å². The van der Waals surface area contributed by atoms with Crippen molar-refractivity contribution in [2.75, 3.05) is 6.61 Å². The van der Waals surface area contributed by atoms with Gasteiger partial charge in [-0.2, -0.15) is 0 Å². The normalized spacial score (nSPS) is 16.6. The fourth-order valence-corrected chi connectivity index (χ4v) is 6.17. The largest absolute Gasteiger partial charge is 0.478 e. The zero-order valence-electron chi connectivity index (χ0n) is 24.1. The van der Waals surface area contributed by atoms with Gasteiger partial charge in [0.05, 0.1) is 34.6 Å². The Morgan fingerprint density at radius 1 is 0.976 bits per heavy atom. The molecule has 0 saturated carbocycles. The molecule has 5 rings (SSSR count). The van der Waals surface area contributed by atoms with Gasteiger partial charge in [0.25, 0.3) is 6.47 Å². The van der Waals surface area contributed by atoms with E-state index in [2.05, 4.69) is 23.8 Å². The number of carboxylic acid groups (broad SMARTS) is 1. The van der Waals surface area contributed by atoms with Gasteiger partial charge in [0, 0.05) is 39.8 Å². The van der Waals surface area contributed by atoms with E-state index in [0.29, 0.717) is 40.6 Å². The summed E-state index contributed by atoms with van der Waals surface area (Å²) in [4.78, 5) is 52.4. The van der Waals surface area contributed by atoms with Crippen LogP contribution in [0.15, 0.2) is 18.2 Å². The van der Waals surface area contributed by atoms with E-state index >= 15 is 0 Å². The number of ether oxygens (including phenoxy) is 1. The highest BCUT2D eigenvalue weighted by atomic mass is 16.5. The molecule has 9 nitrogen and oxygen atoms in total. The Hall–Kier alpha value is -4.53. The number of carbonyl (C=O) groups excluding carboxylic acids is 2. The summed E-state index contributed by atoms with van der Waals surface area (Å²) in [6.07, 6.45) is 2.12. The third-order valence-electron chi connectivity index (χ3n) is 8.63. The highest BCUT2D eigenvalue weighted by Crippen LogP contribution is 2.41. The summed E-state index contributed by atoms with van der Waals surface area (Å²) in [7, 11) is 0. The molecule has 0 unspecified atom stereocenters. The Bertz CT molecular complexity index is 1790. The Morgan fingerprint density at radius 3 is 2.34 bits per heavy atom. The molecule has 41 heavy (non-hydrogen) atoms. The minimum absolute atomic E-state index is 0.0516. The number of aromatic nitrogens is 4. The van der Waals surface area contributed by atoms with Crippen LogP contribution in [0.4, 0.5) is 0 Å². The molecular formula is C32H34N4O5. The molecule has 212 valence electrons. The molecule has 2 atom stereocenters. The number of H-pyrrole nitrogens is 2. The Morgan fingerprint density at radius 2 is 1.68 bits per heavy atom. The molecule has 0 aromatic carbocycles. The van der Waals surface area contributed by atoms with Crippen LogP contribution in [0.5, 0.6) is 0 Å². The van der Waals surface area contributed by atoms with Gasteiger partial charge in [-0.15, -0.1) is 0 Å². The monoisotopic (exact) mass is 554 g/mol. The number of nitrogens with zero attached hydrogens (tertiary/aromatic N) is 2. The molecule has 0 amide bonds. The van der Waals surface area contributed by atoms with Crippen molar-refractivity contribution >= 4 is 51.9 Å². The summed E-state index contributed by atoms with van der Waals surface area (Å²) >= 11 is 0. The lowest BCUT2D eigenvalue weighted by atomic mass is 9.87. The molecule has 0 saturated heterocycles. The molecule has 3 aromatic heterocycles.